The summed E-state index contributed by atoms with van der Waals surface area (Å²) in [6, 6.07) is 11.5. The molecular weight excluding hydrogens is 372 g/mol. The first-order valence-corrected chi connectivity index (χ1v) is 9.45. The Morgan fingerprint density at radius 1 is 1.21 bits per heavy atom. The molecule has 0 aliphatic carbocycles. The molecule has 2 aromatic rings. The van der Waals surface area contributed by atoms with Crippen LogP contribution in [0.2, 0.25) is 5.02 Å². The first-order chi connectivity index (χ1) is 13.5. The van der Waals surface area contributed by atoms with Crippen LogP contribution < -0.4 is 4.74 Å². The van der Waals surface area contributed by atoms with Gasteiger partial charge in [-0.05, 0) is 31.5 Å². The molecule has 1 unspecified atom stereocenters. The summed E-state index contributed by atoms with van der Waals surface area (Å²) in [5.41, 5.74) is 5.31. The third-order valence-electron chi connectivity index (χ3n) is 4.88. The smallest absolute Gasteiger partial charge is 0.156 e. The van der Waals surface area contributed by atoms with Crippen molar-refractivity contribution in [3.05, 3.63) is 70.8 Å². The van der Waals surface area contributed by atoms with Crippen molar-refractivity contribution in [2.24, 2.45) is 15.1 Å². The molecule has 0 amide bonds. The van der Waals surface area contributed by atoms with Crippen LogP contribution in [0.4, 0.5) is 5.69 Å². The standard InChI is InChI=1S/C22H21ClN4O/c1-5-10-27-22-20(14(3)26-27)25-21(15-8-6-7-9-17(15)23)16-11-13(2)19(28-4)12-18(16)24-22/h5-9,11-12,20H,1,10H2,2-4H3. The van der Waals surface area contributed by atoms with Gasteiger partial charge in [0.2, 0.25) is 0 Å². The molecule has 5 nitrogen and oxygen atoms in total. The van der Waals surface area contributed by atoms with E-state index in [1.165, 1.54) is 0 Å². The van der Waals surface area contributed by atoms with E-state index in [0.717, 1.165) is 45.4 Å². The van der Waals surface area contributed by atoms with Crippen molar-refractivity contribution in [2.45, 2.75) is 19.9 Å². The quantitative estimate of drug-likeness (QED) is 0.703. The Morgan fingerprint density at radius 2 is 2.00 bits per heavy atom. The Balaban J connectivity index is 1.99. The van der Waals surface area contributed by atoms with Gasteiger partial charge in [-0.1, -0.05) is 35.9 Å². The molecule has 0 bridgehead atoms. The van der Waals surface area contributed by atoms with Crippen LogP contribution in [0.15, 0.2) is 64.1 Å². The maximum Gasteiger partial charge on any atom is 0.156 e. The minimum absolute atomic E-state index is 0.259. The zero-order valence-electron chi connectivity index (χ0n) is 16.1. The number of nitrogens with zero attached hydrogens (tertiary/aromatic N) is 4. The maximum absolute atomic E-state index is 6.54. The van der Waals surface area contributed by atoms with E-state index in [0.29, 0.717) is 11.6 Å². The number of rotatable bonds is 4. The van der Waals surface area contributed by atoms with Crippen molar-refractivity contribution in [1.29, 1.82) is 0 Å². The Bertz CT molecular complexity index is 1050. The number of halogens is 1. The van der Waals surface area contributed by atoms with Crippen molar-refractivity contribution < 1.29 is 4.74 Å². The monoisotopic (exact) mass is 392 g/mol. The number of methoxy groups -OCH3 is 1. The molecule has 2 aliphatic rings. The predicted molar refractivity (Wildman–Crippen MR) is 116 cm³/mol. The van der Waals surface area contributed by atoms with Crippen LogP contribution >= 0.6 is 11.6 Å². The first-order valence-electron chi connectivity index (χ1n) is 9.07. The van der Waals surface area contributed by atoms with Gasteiger partial charge in [-0.15, -0.1) is 6.58 Å². The van der Waals surface area contributed by atoms with Gasteiger partial charge in [0.05, 0.1) is 30.8 Å². The zero-order valence-corrected chi connectivity index (χ0v) is 16.9. The van der Waals surface area contributed by atoms with Gasteiger partial charge in [0.25, 0.3) is 0 Å². The molecule has 0 saturated heterocycles. The summed E-state index contributed by atoms with van der Waals surface area (Å²) in [7, 11) is 1.66. The van der Waals surface area contributed by atoms with E-state index < -0.39 is 0 Å². The minimum Gasteiger partial charge on any atom is -0.496 e. The summed E-state index contributed by atoms with van der Waals surface area (Å²) in [4.78, 5) is 10.0. The SMILES string of the molecule is C=CCN1N=C(C)C2N=C(c3ccccc3Cl)c3cc(C)c(OC)cc3N=C21. The molecule has 0 fully saturated rings. The summed E-state index contributed by atoms with van der Waals surface area (Å²) in [5.74, 6) is 1.57. The van der Waals surface area contributed by atoms with Crippen molar-refractivity contribution >= 4 is 34.5 Å². The molecule has 2 aromatic carbocycles. The van der Waals surface area contributed by atoms with Crippen LogP contribution in [-0.4, -0.2) is 42.0 Å². The van der Waals surface area contributed by atoms with Crippen molar-refractivity contribution in [3.8, 4) is 5.75 Å². The summed E-state index contributed by atoms with van der Waals surface area (Å²) < 4.78 is 5.53. The Morgan fingerprint density at radius 3 is 2.71 bits per heavy atom. The molecule has 0 aromatic heterocycles. The molecule has 2 aliphatic heterocycles. The summed E-state index contributed by atoms with van der Waals surface area (Å²) >= 11 is 6.54. The topological polar surface area (TPSA) is 49.5 Å². The summed E-state index contributed by atoms with van der Waals surface area (Å²) in [6.07, 6.45) is 1.81. The highest BCUT2D eigenvalue weighted by Gasteiger charge is 2.34. The fraction of sp³-hybridized carbons (Fsp3) is 0.227. The van der Waals surface area contributed by atoms with Crippen LogP contribution in [0, 0.1) is 6.92 Å². The lowest BCUT2D eigenvalue weighted by Gasteiger charge is -2.14. The second-order valence-electron chi connectivity index (χ2n) is 6.78. The number of fused-ring (bicyclic) bond motifs is 2. The van der Waals surface area contributed by atoms with Crippen molar-refractivity contribution in [1.82, 2.24) is 5.01 Å². The normalized spacial score (nSPS) is 17.8. The second kappa shape index (κ2) is 7.24. The van der Waals surface area contributed by atoms with Gasteiger partial charge in [0, 0.05) is 22.2 Å². The third kappa shape index (κ3) is 3.02. The van der Waals surface area contributed by atoms with Crippen LogP contribution in [0.1, 0.15) is 23.6 Å². The number of hydrogen-bond donors (Lipinski definition) is 0. The Labute approximate surface area is 169 Å². The van der Waals surface area contributed by atoms with Crippen LogP contribution in [0.3, 0.4) is 0 Å². The van der Waals surface area contributed by atoms with Gasteiger partial charge >= 0.3 is 0 Å². The van der Waals surface area contributed by atoms with Crippen molar-refractivity contribution in [3.63, 3.8) is 0 Å². The van der Waals surface area contributed by atoms with E-state index in [2.05, 4.69) is 17.7 Å². The molecule has 0 saturated carbocycles. The minimum atomic E-state index is -0.259. The van der Waals surface area contributed by atoms with Crippen LogP contribution in [-0.2, 0) is 0 Å². The highest BCUT2D eigenvalue weighted by Crippen LogP contribution is 2.36. The molecule has 28 heavy (non-hydrogen) atoms. The molecule has 6 heteroatoms. The maximum atomic E-state index is 6.54. The second-order valence-corrected chi connectivity index (χ2v) is 7.19. The lowest BCUT2D eigenvalue weighted by molar-refractivity contribution is 0.412. The number of amidine groups is 1. The van der Waals surface area contributed by atoms with Crippen LogP contribution in [0.25, 0.3) is 0 Å². The average Bonchev–Trinajstić information content (AvgIpc) is 2.86. The average molecular weight is 393 g/mol. The molecule has 4 rings (SSSR count). The lowest BCUT2D eigenvalue weighted by Crippen LogP contribution is -2.30. The molecule has 0 spiro atoms. The van der Waals surface area contributed by atoms with Crippen molar-refractivity contribution in [2.75, 3.05) is 13.7 Å². The molecule has 2 heterocycles. The van der Waals surface area contributed by atoms with Gasteiger partial charge < -0.3 is 4.74 Å². The van der Waals surface area contributed by atoms with Gasteiger partial charge in [-0.2, -0.15) is 5.10 Å². The van der Waals surface area contributed by atoms with Gasteiger partial charge in [0.15, 0.2) is 5.84 Å². The van der Waals surface area contributed by atoms with E-state index >= 15 is 0 Å². The molecule has 0 radical (unpaired) electrons. The van der Waals surface area contributed by atoms with Gasteiger partial charge in [-0.3, -0.25) is 4.99 Å². The Kier molecular flexibility index (Phi) is 4.77. The predicted octanol–water partition coefficient (Wildman–Crippen LogP) is 4.78. The van der Waals surface area contributed by atoms with E-state index in [1.54, 1.807) is 7.11 Å². The highest BCUT2D eigenvalue weighted by molar-refractivity contribution is 6.36. The first kappa shape index (κ1) is 18.4. The fourth-order valence-electron chi connectivity index (χ4n) is 3.52. The van der Waals surface area contributed by atoms with Gasteiger partial charge in [0.1, 0.15) is 11.8 Å². The molecular formula is C22H21ClN4O. The van der Waals surface area contributed by atoms with E-state index in [4.69, 9.17) is 26.3 Å². The number of benzene rings is 2. The largest absolute Gasteiger partial charge is 0.496 e. The number of hydrazone groups is 1. The summed E-state index contributed by atoms with van der Waals surface area (Å²) in [6.45, 7) is 8.38. The number of ether oxygens (including phenoxy) is 1. The van der Waals surface area contributed by atoms with E-state index in [9.17, 15) is 0 Å². The Hall–Kier alpha value is -2.92. The fourth-order valence-corrected chi connectivity index (χ4v) is 3.75. The third-order valence-corrected chi connectivity index (χ3v) is 5.21. The van der Waals surface area contributed by atoms with Gasteiger partial charge in [-0.25, -0.2) is 10.0 Å². The number of aliphatic imine (C=N–C) groups is 2. The van der Waals surface area contributed by atoms with E-state index in [1.807, 2.05) is 55.3 Å². The highest BCUT2D eigenvalue weighted by atomic mass is 35.5. The van der Waals surface area contributed by atoms with E-state index in [-0.39, 0.29) is 6.04 Å². The number of hydrogen-bond acceptors (Lipinski definition) is 5. The summed E-state index contributed by atoms with van der Waals surface area (Å²) in [5, 5.41) is 7.13. The zero-order chi connectivity index (χ0) is 19.8. The molecule has 0 N–H and O–H groups in total. The molecule has 1 atom stereocenters. The number of aryl methyl sites for hydroxylation is 1. The van der Waals surface area contributed by atoms with Crippen LogP contribution in [0.5, 0.6) is 5.75 Å². The lowest BCUT2D eigenvalue weighted by atomic mass is 9.98. The molecule has 142 valence electrons.